The summed E-state index contributed by atoms with van der Waals surface area (Å²) >= 11 is 5.94. The molecule has 0 aliphatic carbocycles. The number of hydrogen-bond acceptors (Lipinski definition) is 6. The van der Waals surface area contributed by atoms with E-state index in [0.29, 0.717) is 43.0 Å². The number of aromatic nitrogens is 2. The van der Waals surface area contributed by atoms with Crippen LogP contribution in [0.5, 0.6) is 5.75 Å². The Hall–Kier alpha value is -2.90. The molecule has 7 nitrogen and oxygen atoms in total. The van der Waals surface area contributed by atoms with Crippen LogP contribution in [0.3, 0.4) is 0 Å². The second kappa shape index (κ2) is 10.6. The molecule has 1 amide bonds. The highest BCUT2D eigenvalue weighted by Gasteiger charge is 2.27. The van der Waals surface area contributed by atoms with Crippen molar-refractivity contribution in [1.82, 2.24) is 20.4 Å². The minimum absolute atomic E-state index is 0.0633. The largest absolute Gasteiger partial charge is 0.494 e. The maximum Gasteiger partial charge on any atom is 0.241 e. The molecule has 168 valence electrons. The smallest absolute Gasteiger partial charge is 0.241 e. The zero-order chi connectivity index (χ0) is 22.3. The highest BCUT2D eigenvalue weighted by atomic mass is 35.5. The summed E-state index contributed by atoms with van der Waals surface area (Å²) in [7, 11) is 0. The number of rotatable bonds is 8. The van der Waals surface area contributed by atoms with Crippen molar-refractivity contribution in [3.8, 4) is 17.1 Å². The molecule has 1 fully saturated rings. The lowest BCUT2D eigenvalue weighted by atomic mass is 9.97. The van der Waals surface area contributed by atoms with Gasteiger partial charge in [0, 0.05) is 29.2 Å². The lowest BCUT2D eigenvalue weighted by Crippen LogP contribution is -2.42. The predicted molar refractivity (Wildman–Crippen MR) is 122 cm³/mol. The van der Waals surface area contributed by atoms with Gasteiger partial charge in [0.15, 0.2) is 0 Å². The maximum atomic E-state index is 12.8. The molecule has 3 aromatic rings. The standard InChI is InChI=1S/C24H27ClN4O3/c1-2-31-21-8-4-3-6-18(21)14-26-24(30)19-7-5-13-29(15-19)16-22-27-23(28-32-22)17-9-11-20(25)12-10-17/h3-4,6,8-12,19H,2,5,7,13-16H2,1H3,(H,26,30). The number of halogens is 1. The zero-order valence-electron chi connectivity index (χ0n) is 18.1. The third kappa shape index (κ3) is 5.66. The Morgan fingerprint density at radius 3 is 2.88 bits per heavy atom. The number of hydrogen-bond donors (Lipinski definition) is 1. The Kier molecular flexibility index (Phi) is 7.39. The van der Waals surface area contributed by atoms with E-state index in [0.717, 1.165) is 36.3 Å². The van der Waals surface area contributed by atoms with Gasteiger partial charge in [-0.15, -0.1) is 0 Å². The van der Waals surface area contributed by atoms with Crippen molar-refractivity contribution in [3.05, 3.63) is 65.0 Å². The minimum atomic E-state index is -0.0679. The van der Waals surface area contributed by atoms with Crippen molar-refractivity contribution in [1.29, 1.82) is 0 Å². The van der Waals surface area contributed by atoms with Crippen LogP contribution >= 0.6 is 11.6 Å². The molecule has 1 saturated heterocycles. The number of nitrogens with one attached hydrogen (secondary N) is 1. The first kappa shape index (κ1) is 22.3. The average Bonchev–Trinajstić information content (AvgIpc) is 3.27. The first-order valence-corrected chi connectivity index (χ1v) is 11.3. The molecule has 1 N–H and O–H groups in total. The number of nitrogens with zero attached hydrogens (tertiary/aromatic N) is 3. The number of ether oxygens (including phenoxy) is 1. The van der Waals surface area contributed by atoms with E-state index in [1.807, 2.05) is 43.3 Å². The van der Waals surface area contributed by atoms with Crippen LogP contribution in [0.25, 0.3) is 11.4 Å². The van der Waals surface area contributed by atoms with Gasteiger partial charge in [0.2, 0.25) is 17.6 Å². The summed E-state index contributed by atoms with van der Waals surface area (Å²) in [4.78, 5) is 19.5. The SMILES string of the molecule is CCOc1ccccc1CNC(=O)C1CCCN(Cc2nc(-c3ccc(Cl)cc3)no2)C1. The molecule has 32 heavy (non-hydrogen) atoms. The van der Waals surface area contributed by atoms with Gasteiger partial charge >= 0.3 is 0 Å². The monoisotopic (exact) mass is 454 g/mol. The van der Waals surface area contributed by atoms with Crippen LogP contribution in [-0.4, -0.2) is 40.6 Å². The van der Waals surface area contributed by atoms with E-state index in [-0.39, 0.29) is 11.8 Å². The molecular formula is C24H27ClN4O3. The van der Waals surface area contributed by atoms with Crippen LogP contribution in [0.2, 0.25) is 5.02 Å². The highest BCUT2D eigenvalue weighted by Crippen LogP contribution is 2.22. The van der Waals surface area contributed by atoms with Gasteiger partial charge in [-0.25, -0.2) is 0 Å². The molecule has 1 atom stereocenters. The number of amides is 1. The van der Waals surface area contributed by atoms with Crippen molar-refractivity contribution in [2.75, 3.05) is 19.7 Å². The van der Waals surface area contributed by atoms with Crippen LogP contribution in [0.4, 0.5) is 0 Å². The third-order valence-electron chi connectivity index (χ3n) is 5.53. The molecule has 4 rings (SSSR count). The second-order valence-corrected chi connectivity index (χ2v) is 8.29. The van der Waals surface area contributed by atoms with E-state index < -0.39 is 0 Å². The molecule has 2 heterocycles. The molecule has 1 unspecified atom stereocenters. The molecule has 8 heteroatoms. The quantitative estimate of drug-likeness (QED) is 0.546. The van der Waals surface area contributed by atoms with E-state index in [9.17, 15) is 4.79 Å². The van der Waals surface area contributed by atoms with Crippen molar-refractivity contribution < 1.29 is 14.1 Å². The summed E-state index contributed by atoms with van der Waals surface area (Å²) < 4.78 is 11.1. The fourth-order valence-corrected chi connectivity index (χ4v) is 4.04. The van der Waals surface area contributed by atoms with Gasteiger partial charge in [-0.2, -0.15) is 4.98 Å². The first-order valence-electron chi connectivity index (χ1n) is 10.9. The molecule has 2 aromatic carbocycles. The van der Waals surface area contributed by atoms with Crippen LogP contribution in [-0.2, 0) is 17.9 Å². The van der Waals surface area contributed by atoms with Crippen molar-refractivity contribution >= 4 is 17.5 Å². The first-order chi connectivity index (χ1) is 15.6. The van der Waals surface area contributed by atoms with Gasteiger partial charge in [0.1, 0.15) is 5.75 Å². The van der Waals surface area contributed by atoms with Gasteiger partial charge in [-0.05, 0) is 56.6 Å². The second-order valence-electron chi connectivity index (χ2n) is 7.85. The molecule has 0 radical (unpaired) electrons. The van der Waals surface area contributed by atoms with E-state index in [1.54, 1.807) is 12.1 Å². The molecule has 1 aromatic heterocycles. The van der Waals surface area contributed by atoms with E-state index in [1.165, 1.54) is 0 Å². The van der Waals surface area contributed by atoms with E-state index >= 15 is 0 Å². The fourth-order valence-electron chi connectivity index (χ4n) is 3.91. The lowest BCUT2D eigenvalue weighted by molar-refractivity contribution is -0.127. The molecular weight excluding hydrogens is 428 g/mol. The molecule has 0 saturated carbocycles. The Morgan fingerprint density at radius 2 is 2.06 bits per heavy atom. The topological polar surface area (TPSA) is 80.5 Å². The van der Waals surface area contributed by atoms with Crippen LogP contribution < -0.4 is 10.1 Å². The lowest BCUT2D eigenvalue weighted by Gasteiger charge is -2.30. The number of para-hydroxylation sites is 1. The van der Waals surface area contributed by atoms with Crippen molar-refractivity contribution in [2.45, 2.75) is 32.9 Å². The number of likely N-dealkylation sites (tertiary alicyclic amines) is 1. The third-order valence-corrected chi connectivity index (χ3v) is 5.78. The van der Waals surface area contributed by atoms with E-state index in [4.69, 9.17) is 20.9 Å². The Morgan fingerprint density at radius 1 is 1.25 bits per heavy atom. The normalized spacial score (nSPS) is 16.6. The van der Waals surface area contributed by atoms with Crippen LogP contribution in [0, 0.1) is 5.92 Å². The van der Waals surface area contributed by atoms with Crippen molar-refractivity contribution in [3.63, 3.8) is 0 Å². The molecule has 1 aliphatic rings. The van der Waals surface area contributed by atoms with Crippen molar-refractivity contribution in [2.24, 2.45) is 5.92 Å². The molecule has 1 aliphatic heterocycles. The summed E-state index contributed by atoms with van der Waals surface area (Å²) in [5.74, 6) is 1.89. The van der Waals surface area contributed by atoms with Gasteiger partial charge in [0.05, 0.1) is 19.1 Å². The maximum absolute atomic E-state index is 12.8. The summed E-state index contributed by atoms with van der Waals surface area (Å²) in [5.41, 5.74) is 1.84. The molecule has 0 spiro atoms. The zero-order valence-corrected chi connectivity index (χ0v) is 18.8. The summed E-state index contributed by atoms with van der Waals surface area (Å²) in [6, 6.07) is 15.1. The number of carbonyl (C=O) groups excluding carboxylic acids is 1. The Labute approximate surface area is 192 Å². The van der Waals surface area contributed by atoms with Crippen LogP contribution in [0.1, 0.15) is 31.2 Å². The van der Waals surface area contributed by atoms with Crippen LogP contribution in [0.15, 0.2) is 53.1 Å². The Bertz CT molecular complexity index is 1040. The summed E-state index contributed by atoms with van der Waals surface area (Å²) in [5, 5.41) is 7.81. The van der Waals surface area contributed by atoms with Gasteiger partial charge in [-0.3, -0.25) is 9.69 Å². The highest BCUT2D eigenvalue weighted by molar-refractivity contribution is 6.30. The minimum Gasteiger partial charge on any atom is -0.494 e. The van der Waals surface area contributed by atoms with Gasteiger partial charge in [0.25, 0.3) is 0 Å². The fraction of sp³-hybridized carbons (Fsp3) is 0.375. The number of benzene rings is 2. The summed E-state index contributed by atoms with van der Waals surface area (Å²) in [6.07, 6.45) is 1.82. The average molecular weight is 455 g/mol. The number of piperidine rings is 1. The summed E-state index contributed by atoms with van der Waals surface area (Å²) in [6.45, 7) is 5.09. The predicted octanol–water partition coefficient (Wildman–Crippen LogP) is 4.32. The van der Waals surface area contributed by atoms with Gasteiger partial charge in [-0.1, -0.05) is 35.0 Å². The number of carbonyl (C=O) groups is 1. The van der Waals surface area contributed by atoms with Gasteiger partial charge < -0.3 is 14.6 Å². The Balaban J connectivity index is 1.31. The molecule has 0 bridgehead atoms. The van der Waals surface area contributed by atoms with E-state index in [2.05, 4.69) is 20.4 Å².